The van der Waals surface area contributed by atoms with Crippen LogP contribution in [-0.4, -0.2) is 55.5 Å². The number of nitrogens with one attached hydrogen (secondary N) is 1. The summed E-state index contributed by atoms with van der Waals surface area (Å²) in [5, 5.41) is 3.54. The molecule has 1 saturated heterocycles. The first-order chi connectivity index (χ1) is 8.96. The fourth-order valence-corrected chi connectivity index (χ4v) is 2.92. The van der Waals surface area contributed by atoms with Crippen LogP contribution in [0.3, 0.4) is 0 Å². The fourth-order valence-electron chi connectivity index (χ4n) is 2.92. The standard InChI is InChI=1S/C13H23F3N2O/c1-2-19-12-7-11(8-12)17-10-3-5-18(6-4-10)9-13(14,15)16/h10-12,17H,2-9H2,1H3. The Morgan fingerprint density at radius 1 is 1.16 bits per heavy atom. The number of hydrogen-bond acceptors (Lipinski definition) is 3. The number of ether oxygens (including phenoxy) is 1. The van der Waals surface area contributed by atoms with Crippen LogP contribution in [0.4, 0.5) is 13.2 Å². The van der Waals surface area contributed by atoms with Crippen molar-refractivity contribution in [1.29, 1.82) is 0 Å². The first kappa shape index (κ1) is 15.1. The van der Waals surface area contributed by atoms with Crippen molar-refractivity contribution < 1.29 is 17.9 Å². The highest BCUT2D eigenvalue weighted by atomic mass is 19.4. The maximum atomic E-state index is 12.3. The molecule has 1 saturated carbocycles. The van der Waals surface area contributed by atoms with Crippen molar-refractivity contribution in [2.45, 2.75) is 57.0 Å². The van der Waals surface area contributed by atoms with Crippen molar-refractivity contribution >= 4 is 0 Å². The number of rotatable bonds is 5. The predicted molar refractivity (Wildman–Crippen MR) is 67.1 cm³/mol. The van der Waals surface area contributed by atoms with Gasteiger partial charge >= 0.3 is 6.18 Å². The normalized spacial score (nSPS) is 30.3. The molecule has 0 aromatic heterocycles. The summed E-state index contributed by atoms with van der Waals surface area (Å²) in [5.74, 6) is 0. The van der Waals surface area contributed by atoms with Gasteiger partial charge in [-0.15, -0.1) is 0 Å². The van der Waals surface area contributed by atoms with Gasteiger partial charge in [-0.2, -0.15) is 13.2 Å². The van der Waals surface area contributed by atoms with E-state index < -0.39 is 12.7 Å². The molecule has 2 rings (SSSR count). The molecule has 0 unspecified atom stereocenters. The molecule has 0 bridgehead atoms. The molecule has 1 heterocycles. The number of piperidine rings is 1. The van der Waals surface area contributed by atoms with Gasteiger partial charge in [0.2, 0.25) is 0 Å². The molecule has 0 atom stereocenters. The SMILES string of the molecule is CCOC1CC(NC2CCN(CC(F)(F)F)CC2)C1. The molecular formula is C13H23F3N2O. The molecule has 0 radical (unpaired) electrons. The average molecular weight is 280 g/mol. The van der Waals surface area contributed by atoms with Gasteiger partial charge in [0.15, 0.2) is 0 Å². The monoisotopic (exact) mass is 280 g/mol. The Hall–Kier alpha value is -0.330. The third-order valence-electron chi connectivity index (χ3n) is 3.96. The summed E-state index contributed by atoms with van der Waals surface area (Å²) in [4.78, 5) is 1.50. The number of likely N-dealkylation sites (tertiary alicyclic amines) is 1. The Morgan fingerprint density at radius 3 is 2.32 bits per heavy atom. The van der Waals surface area contributed by atoms with Crippen LogP contribution in [0.5, 0.6) is 0 Å². The lowest BCUT2D eigenvalue weighted by atomic mass is 9.87. The highest BCUT2D eigenvalue weighted by Gasteiger charge is 2.34. The average Bonchev–Trinajstić information content (AvgIpc) is 2.27. The zero-order valence-corrected chi connectivity index (χ0v) is 11.4. The molecule has 3 nitrogen and oxygen atoms in total. The summed E-state index contributed by atoms with van der Waals surface area (Å²) in [7, 11) is 0. The largest absolute Gasteiger partial charge is 0.401 e. The van der Waals surface area contributed by atoms with Crippen molar-refractivity contribution in [1.82, 2.24) is 10.2 Å². The van der Waals surface area contributed by atoms with Gasteiger partial charge in [-0.25, -0.2) is 0 Å². The number of halogens is 3. The van der Waals surface area contributed by atoms with Crippen LogP contribution >= 0.6 is 0 Å². The molecule has 1 aliphatic carbocycles. The van der Waals surface area contributed by atoms with E-state index >= 15 is 0 Å². The maximum absolute atomic E-state index is 12.3. The highest BCUT2D eigenvalue weighted by molar-refractivity contribution is 4.90. The Morgan fingerprint density at radius 2 is 1.79 bits per heavy atom. The van der Waals surface area contributed by atoms with Gasteiger partial charge in [0.05, 0.1) is 12.6 Å². The van der Waals surface area contributed by atoms with Gasteiger partial charge in [-0.1, -0.05) is 0 Å². The molecule has 112 valence electrons. The molecule has 2 aliphatic rings. The minimum Gasteiger partial charge on any atom is -0.378 e. The van der Waals surface area contributed by atoms with E-state index in [0.29, 0.717) is 31.3 Å². The van der Waals surface area contributed by atoms with E-state index in [9.17, 15) is 13.2 Å². The third-order valence-corrected chi connectivity index (χ3v) is 3.96. The topological polar surface area (TPSA) is 24.5 Å². The van der Waals surface area contributed by atoms with E-state index in [1.165, 1.54) is 4.90 Å². The summed E-state index contributed by atoms with van der Waals surface area (Å²) in [6.07, 6.45) is 0.0111. The molecule has 0 amide bonds. The first-order valence-electron chi connectivity index (χ1n) is 7.13. The van der Waals surface area contributed by atoms with Gasteiger partial charge in [0.1, 0.15) is 0 Å². The predicted octanol–water partition coefficient (Wildman–Crippen LogP) is 2.17. The Kier molecular flexibility index (Phi) is 5.09. The van der Waals surface area contributed by atoms with Crippen molar-refractivity contribution in [3.8, 4) is 0 Å². The molecule has 2 fully saturated rings. The molecular weight excluding hydrogens is 257 g/mol. The molecule has 0 aromatic carbocycles. The van der Waals surface area contributed by atoms with Crippen molar-refractivity contribution in [2.75, 3.05) is 26.2 Å². The van der Waals surface area contributed by atoms with Crippen LogP contribution in [0.2, 0.25) is 0 Å². The fraction of sp³-hybridized carbons (Fsp3) is 1.00. The van der Waals surface area contributed by atoms with E-state index in [2.05, 4.69) is 5.32 Å². The molecule has 0 aromatic rings. The molecule has 1 N–H and O–H groups in total. The lowest BCUT2D eigenvalue weighted by molar-refractivity contribution is -0.148. The minimum absolute atomic E-state index is 0.372. The second-order valence-corrected chi connectivity index (χ2v) is 5.58. The molecule has 1 aliphatic heterocycles. The molecule has 6 heteroatoms. The summed E-state index contributed by atoms with van der Waals surface area (Å²) in [6.45, 7) is 3.07. The third kappa shape index (κ3) is 4.93. The smallest absolute Gasteiger partial charge is 0.378 e. The van der Waals surface area contributed by atoms with Crippen molar-refractivity contribution in [3.05, 3.63) is 0 Å². The molecule has 0 spiro atoms. The lowest BCUT2D eigenvalue weighted by Gasteiger charge is -2.40. The second kappa shape index (κ2) is 6.41. The minimum atomic E-state index is -4.07. The van der Waals surface area contributed by atoms with Crippen LogP contribution in [0.25, 0.3) is 0 Å². The van der Waals surface area contributed by atoms with E-state index in [1.807, 2.05) is 6.92 Å². The number of alkyl halides is 3. The Bertz CT molecular complexity index is 272. The summed E-state index contributed by atoms with van der Waals surface area (Å²) >= 11 is 0. The van der Waals surface area contributed by atoms with E-state index in [-0.39, 0.29) is 0 Å². The summed E-state index contributed by atoms with van der Waals surface area (Å²) in [5.41, 5.74) is 0. The summed E-state index contributed by atoms with van der Waals surface area (Å²) < 4.78 is 42.3. The van der Waals surface area contributed by atoms with Crippen LogP contribution in [0.1, 0.15) is 32.6 Å². The van der Waals surface area contributed by atoms with Crippen molar-refractivity contribution in [2.24, 2.45) is 0 Å². The first-order valence-corrected chi connectivity index (χ1v) is 7.13. The molecule has 19 heavy (non-hydrogen) atoms. The maximum Gasteiger partial charge on any atom is 0.401 e. The van der Waals surface area contributed by atoms with Gasteiger partial charge in [-0.05, 0) is 45.7 Å². The van der Waals surface area contributed by atoms with Crippen LogP contribution in [-0.2, 0) is 4.74 Å². The van der Waals surface area contributed by atoms with Gasteiger partial charge in [0.25, 0.3) is 0 Å². The van der Waals surface area contributed by atoms with Crippen LogP contribution in [0.15, 0.2) is 0 Å². The van der Waals surface area contributed by atoms with E-state index in [4.69, 9.17) is 4.74 Å². The van der Waals surface area contributed by atoms with E-state index in [0.717, 1.165) is 32.3 Å². The van der Waals surface area contributed by atoms with Gasteiger partial charge < -0.3 is 10.1 Å². The highest BCUT2D eigenvalue weighted by Crippen LogP contribution is 2.25. The van der Waals surface area contributed by atoms with Gasteiger partial charge in [0, 0.05) is 18.7 Å². The number of hydrogen-bond donors (Lipinski definition) is 1. The summed E-state index contributed by atoms with van der Waals surface area (Å²) in [6, 6.07) is 0.868. The Balaban J connectivity index is 1.59. The lowest BCUT2D eigenvalue weighted by Crippen LogP contribution is -2.53. The van der Waals surface area contributed by atoms with Crippen LogP contribution in [0, 0.1) is 0 Å². The number of nitrogens with zero attached hydrogens (tertiary/aromatic N) is 1. The Labute approximate surface area is 112 Å². The second-order valence-electron chi connectivity index (χ2n) is 5.58. The van der Waals surface area contributed by atoms with Crippen LogP contribution < -0.4 is 5.32 Å². The van der Waals surface area contributed by atoms with Crippen molar-refractivity contribution in [3.63, 3.8) is 0 Å². The zero-order chi connectivity index (χ0) is 13.9. The van der Waals surface area contributed by atoms with Gasteiger partial charge in [-0.3, -0.25) is 4.90 Å². The zero-order valence-electron chi connectivity index (χ0n) is 11.4. The van der Waals surface area contributed by atoms with E-state index in [1.54, 1.807) is 0 Å². The quantitative estimate of drug-likeness (QED) is 0.835.